The van der Waals surface area contributed by atoms with Crippen molar-refractivity contribution in [3.8, 4) is 11.1 Å². The van der Waals surface area contributed by atoms with Gasteiger partial charge in [-0.05, 0) is 30.0 Å². The second-order valence-corrected chi connectivity index (χ2v) is 5.09. The van der Waals surface area contributed by atoms with Crippen molar-refractivity contribution < 1.29 is 9.53 Å². The van der Waals surface area contributed by atoms with Crippen LogP contribution in [0.1, 0.15) is 17.3 Å². The maximum Gasteiger partial charge on any atom is 0.339 e. The molecule has 0 fully saturated rings. The Morgan fingerprint density at radius 2 is 2.00 bits per heavy atom. The molecule has 0 radical (unpaired) electrons. The molecule has 0 aliphatic rings. The van der Waals surface area contributed by atoms with Gasteiger partial charge in [0.25, 0.3) is 0 Å². The van der Waals surface area contributed by atoms with Gasteiger partial charge in [0.15, 0.2) is 0 Å². The zero-order chi connectivity index (χ0) is 12.3. The lowest BCUT2D eigenvalue weighted by Gasteiger charge is -2.04. The van der Waals surface area contributed by atoms with Crippen LogP contribution >= 0.6 is 27.3 Å². The van der Waals surface area contributed by atoms with E-state index in [0.717, 1.165) is 15.6 Å². The summed E-state index contributed by atoms with van der Waals surface area (Å²) in [6.07, 6.45) is 0. The normalized spacial score (nSPS) is 10.2. The first-order valence-corrected chi connectivity index (χ1v) is 6.95. The van der Waals surface area contributed by atoms with Crippen LogP contribution in [0.5, 0.6) is 0 Å². The topological polar surface area (TPSA) is 26.3 Å². The number of carbonyl (C=O) groups excluding carboxylic acids is 1. The number of rotatable bonds is 3. The van der Waals surface area contributed by atoms with Crippen LogP contribution in [0.2, 0.25) is 0 Å². The van der Waals surface area contributed by atoms with E-state index < -0.39 is 0 Å². The summed E-state index contributed by atoms with van der Waals surface area (Å²) in [5.41, 5.74) is 2.60. The minimum Gasteiger partial charge on any atom is -0.462 e. The van der Waals surface area contributed by atoms with E-state index in [1.165, 1.54) is 11.3 Å². The van der Waals surface area contributed by atoms with Crippen LogP contribution in [0.4, 0.5) is 0 Å². The fourth-order valence-electron chi connectivity index (χ4n) is 1.52. The fraction of sp³-hybridized carbons (Fsp3) is 0.154. The van der Waals surface area contributed by atoms with Crippen molar-refractivity contribution in [3.63, 3.8) is 0 Å². The van der Waals surface area contributed by atoms with Crippen LogP contribution < -0.4 is 0 Å². The van der Waals surface area contributed by atoms with E-state index >= 15 is 0 Å². The van der Waals surface area contributed by atoms with Gasteiger partial charge in [-0.1, -0.05) is 28.1 Å². The lowest BCUT2D eigenvalue weighted by molar-refractivity contribution is 0.0528. The third kappa shape index (κ3) is 2.76. The summed E-state index contributed by atoms with van der Waals surface area (Å²) in [5, 5.41) is 3.80. The molecule has 0 amide bonds. The second kappa shape index (κ2) is 5.47. The quantitative estimate of drug-likeness (QED) is 0.788. The third-order valence-corrected chi connectivity index (χ3v) is 3.58. The number of benzene rings is 1. The maximum absolute atomic E-state index is 11.7. The summed E-state index contributed by atoms with van der Waals surface area (Å²) in [6.45, 7) is 2.21. The van der Waals surface area contributed by atoms with Crippen molar-refractivity contribution in [2.24, 2.45) is 0 Å². The minimum atomic E-state index is -0.258. The van der Waals surface area contributed by atoms with Gasteiger partial charge < -0.3 is 4.74 Å². The van der Waals surface area contributed by atoms with Crippen molar-refractivity contribution in [3.05, 3.63) is 45.1 Å². The van der Waals surface area contributed by atoms with Crippen LogP contribution in [0.3, 0.4) is 0 Å². The van der Waals surface area contributed by atoms with E-state index in [9.17, 15) is 4.79 Å². The number of hydrogen-bond donors (Lipinski definition) is 0. The highest BCUT2D eigenvalue weighted by Crippen LogP contribution is 2.29. The molecule has 1 heterocycles. The minimum absolute atomic E-state index is 0.258. The van der Waals surface area contributed by atoms with E-state index in [0.29, 0.717) is 12.2 Å². The van der Waals surface area contributed by atoms with E-state index in [4.69, 9.17) is 4.74 Å². The lowest BCUT2D eigenvalue weighted by Crippen LogP contribution is -2.04. The van der Waals surface area contributed by atoms with E-state index in [-0.39, 0.29) is 5.97 Å². The molecule has 0 saturated heterocycles. The number of halogens is 1. The van der Waals surface area contributed by atoms with Crippen LogP contribution in [-0.2, 0) is 4.74 Å². The van der Waals surface area contributed by atoms with Crippen molar-refractivity contribution in [1.82, 2.24) is 0 Å². The molecule has 0 N–H and O–H groups in total. The van der Waals surface area contributed by atoms with Crippen LogP contribution in [-0.4, -0.2) is 12.6 Å². The predicted octanol–water partition coefficient (Wildman–Crippen LogP) is 4.35. The third-order valence-electron chi connectivity index (χ3n) is 2.31. The van der Waals surface area contributed by atoms with E-state index in [1.807, 2.05) is 41.9 Å². The van der Waals surface area contributed by atoms with Gasteiger partial charge in [0, 0.05) is 15.4 Å². The Balaban J connectivity index is 2.36. The van der Waals surface area contributed by atoms with E-state index in [1.54, 1.807) is 0 Å². The molecule has 0 saturated carbocycles. The SMILES string of the molecule is CCOC(=O)c1cscc1-c1ccc(Br)cc1. The summed E-state index contributed by atoms with van der Waals surface area (Å²) in [4.78, 5) is 11.7. The van der Waals surface area contributed by atoms with Gasteiger partial charge in [0.1, 0.15) is 0 Å². The molecule has 88 valence electrons. The second-order valence-electron chi connectivity index (χ2n) is 3.43. The van der Waals surface area contributed by atoms with Crippen molar-refractivity contribution >= 4 is 33.2 Å². The molecule has 0 atom stereocenters. The molecule has 0 aliphatic carbocycles. The summed E-state index contributed by atoms with van der Waals surface area (Å²) in [7, 11) is 0. The highest BCUT2D eigenvalue weighted by molar-refractivity contribution is 9.10. The highest BCUT2D eigenvalue weighted by Gasteiger charge is 2.14. The van der Waals surface area contributed by atoms with Crippen LogP contribution in [0, 0.1) is 0 Å². The smallest absolute Gasteiger partial charge is 0.339 e. The Labute approximate surface area is 112 Å². The first-order chi connectivity index (χ1) is 8.22. The molecule has 4 heteroatoms. The molecule has 0 bridgehead atoms. The molecule has 2 aromatic rings. The molecule has 2 nitrogen and oxygen atoms in total. The first kappa shape index (κ1) is 12.3. The molecule has 1 aromatic carbocycles. The molecule has 0 spiro atoms. The Hall–Kier alpha value is -1.13. The Kier molecular flexibility index (Phi) is 3.97. The summed E-state index contributed by atoms with van der Waals surface area (Å²) >= 11 is 4.90. The number of thiophene rings is 1. The van der Waals surface area contributed by atoms with Crippen LogP contribution in [0.25, 0.3) is 11.1 Å². The molecular formula is C13H11BrO2S. The Morgan fingerprint density at radius 1 is 1.29 bits per heavy atom. The number of esters is 1. The maximum atomic E-state index is 11.7. The highest BCUT2D eigenvalue weighted by atomic mass is 79.9. The molecule has 0 unspecified atom stereocenters. The number of carbonyl (C=O) groups is 1. The van der Waals surface area contributed by atoms with Gasteiger partial charge in [0.05, 0.1) is 12.2 Å². The molecule has 0 aliphatic heterocycles. The van der Waals surface area contributed by atoms with Gasteiger partial charge in [-0.3, -0.25) is 0 Å². The van der Waals surface area contributed by atoms with Gasteiger partial charge in [-0.2, -0.15) is 11.3 Å². The average molecular weight is 311 g/mol. The van der Waals surface area contributed by atoms with Gasteiger partial charge in [0.2, 0.25) is 0 Å². The average Bonchev–Trinajstić information content (AvgIpc) is 2.79. The molecule has 2 rings (SSSR count). The monoisotopic (exact) mass is 310 g/mol. The molecule has 1 aromatic heterocycles. The van der Waals surface area contributed by atoms with Gasteiger partial charge >= 0.3 is 5.97 Å². The number of hydrogen-bond acceptors (Lipinski definition) is 3. The van der Waals surface area contributed by atoms with Crippen molar-refractivity contribution in [2.45, 2.75) is 6.92 Å². The predicted molar refractivity (Wildman–Crippen MR) is 73.4 cm³/mol. The van der Waals surface area contributed by atoms with Crippen LogP contribution in [0.15, 0.2) is 39.5 Å². The zero-order valence-corrected chi connectivity index (χ0v) is 11.7. The Bertz CT molecular complexity index is 516. The lowest BCUT2D eigenvalue weighted by atomic mass is 10.1. The van der Waals surface area contributed by atoms with E-state index in [2.05, 4.69) is 15.9 Å². The van der Waals surface area contributed by atoms with Crippen molar-refractivity contribution in [2.75, 3.05) is 6.61 Å². The van der Waals surface area contributed by atoms with Crippen molar-refractivity contribution in [1.29, 1.82) is 0 Å². The largest absolute Gasteiger partial charge is 0.462 e. The van der Waals surface area contributed by atoms with Gasteiger partial charge in [-0.15, -0.1) is 0 Å². The standard InChI is InChI=1S/C13H11BrO2S/c1-2-16-13(15)12-8-17-7-11(12)9-3-5-10(14)6-4-9/h3-8H,2H2,1H3. The summed E-state index contributed by atoms with van der Waals surface area (Å²) < 4.78 is 6.05. The number of ether oxygens (including phenoxy) is 1. The first-order valence-electron chi connectivity index (χ1n) is 5.21. The zero-order valence-electron chi connectivity index (χ0n) is 9.27. The molecule has 17 heavy (non-hydrogen) atoms. The fourth-order valence-corrected chi connectivity index (χ4v) is 2.61. The Morgan fingerprint density at radius 3 is 2.65 bits per heavy atom. The van der Waals surface area contributed by atoms with Gasteiger partial charge in [-0.25, -0.2) is 4.79 Å². The summed E-state index contributed by atoms with van der Waals surface area (Å²) in [6, 6.07) is 7.88. The molecular weight excluding hydrogens is 300 g/mol. The summed E-state index contributed by atoms with van der Waals surface area (Å²) in [5.74, 6) is -0.258.